The van der Waals surface area contributed by atoms with Crippen molar-refractivity contribution in [1.29, 1.82) is 0 Å². The van der Waals surface area contributed by atoms with E-state index >= 15 is 0 Å². The highest BCUT2D eigenvalue weighted by Gasteiger charge is 2.16. The molecule has 0 spiro atoms. The van der Waals surface area contributed by atoms with Crippen LogP contribution in [0.15, 0.2) is 23.3 Å². The Hall–Kier alpha value is -1.70. The van der Waals surface area contributed by atoms with Crippen LogP contribution in [0.1, 0.15) is 24.0 Å². The third-order valence-corrected chi connectivity index (χ3v) is 4.98. The van der Waals surface area contributed by atoms with Gasteiger partial charge in [0.1, 0.15) is 18.8 Å². The second-order valence-corrected chi connectivity index (χ2v) is 6.82. The van der Waals surface area contributed by atoms with E-state index in [-0.39, 0.29) is 0 Å². The molecule has 0 amide bonds. The van der Waals surface area contributed by atoms with Crippen LogP contribution < -0.4 is 20.4 Å². The molecule has 1 aromatic carbocycles. The number of thiocarbonyl (C=S) groups is 1. The predicted molar refractivity (Wildman–Crippen MR) is 103 cm³/mol. The van der Waals surface area contributed by atoms with Crippen LogP contribution in [-0.4, -0.2) is 57.3 Å². The minimum absolute atomic E-state index is 0.584. The Morgan fingerprint density at radius 2 is 2.16 bits per heavy atom. The molecule has 0 atom stereocenters. The lowest BCUT2D eigenvalue weighted by atomic mass is 9.90. The van der Waals surface area contributed by atoms with Crippen molar-refractivity contribution in [3.63, 3.8) is 0 Å². The fourth-order valence-corrected chi connectivity index (χ4v) is 3.45. The van der Waals surface area contributed by atoms with Gasteiger partial charge >= 0.3 is 0 Å². The minimum Gasteiger partial charge on any atom is -0.497 e. The summed E-state index contributed by atoms with van der Waals surface area (Å²) in [6.07, 6.45) is 3.13. The smallest absolute Gasteiger partial charge is 0.187 e. The van der Waals surface area contributed by atoms with Crippen LogP contribution in [0.4, 0.5) is 0 Å². The van der Waals surface area contributed by atoms with E-state index in [1.807, 2.05) is 6.07 Å². The summed E-state index contributed by atoms with van der Waals surface area (Å²) in [7, 11) is 1.70. The lowest BCUT2D eigenvalue weighted by Gasteiger charge is -2.24. The van der Waals surface area contributed by atoms with Crippen molar-refractivity contribution in [2.24, 2.45) is 5.10 Å². The molecule has 1 heterocycles. The maximum absolute atomic E-state index is 5.37. The lowest BCUT2D eigenvalue weighted by molar-refractivity contribution is -0.906. The maximum atomic E-state index is 5.37. The van der Waals surface area contributed by atoms with E-state index < -0.39 is 0 Å². The van der Waals surface area contributed by atoms with Gasteiger partial charge in [0.25, 0.3) is 0 Å². The van der Waals surface area contributed by atoms with Gasteiger partial charge in [0.2, 0.25) is 0 Å². The zero-order valence-electron chi connectivity index (χ0n) is 14.8. The van der Waals surface area contributed by atoms with Crippen molar-refractivity contribution in [1.82, 2.24) is 10.7 Å². The van der Waals surface area contributed by atoms with Crippen molar-refractivity contribution >= 4 is 23.0 Å². The van der Waals surface area contributed by atoms with E-state index in [2.05, 4.69) is 28.0 Å². The number of benzene rings is 1. The van der Waals surface area contributed by atoms with Crippen LogP contribution in [0.5, 0.6) is 5.75 Å². The van der Waals surface area contributed by atoms with E-state index in [0.29, 0.717) is 5.11 Å². The van der Waals surface area contributed by atoms with Crippen LogP contribution >= 0.6 is 12.2 Å². The SMILES string of the molecule is COc1ccc2c(c1)CCCC2=NNC(=S)NCC[NH+]1CCOCC1. The summed E-state index contributed by atoms with van der Waals surface area (Å²) in [4.78, 5) is 1.56. The first-order chi connectivity index (χ1) is 12.3. The quantitative estimate of drug-likeness (QED) is 0.512. The van der Waals surface area contributed by atoms with Crippen LogP contribution in [-0.2, 0) is 11.2 Å². The molecule has 0 aromatic heterocycles. The lowest BCUT2D eigenvalue weighted by Crippen LogP contribution is -3.14. The highest BCUT2D eigenvalue weighted by Crippen LogP contribution is 2.25. The molecule has 25 heavy (non-hydrogen) atoms. The van der Waals surface area contributed by atoms with Crippen LogP contribution in [0.25, 0.3) is 0 Å². The molecular formula is C18H27N4O2S+. The summed E-state index contributed by atoms with van der Waals surface area (Å²) in [6, 6.07) is 6.18. The molecule has 1 fully saturated rings. The molecule has 3 N–H and O–H groups in total. The molecule has 136 valence electrons. The van der Waals surface area contributed by atoms with Crippen molar-refractivity contribution in [2.75, 3.05) is 46.5 Å². The molecule has 6 nitrogen and oxygen atoms in total. The molecule has 3 rings (SSSR count). The number of hydrogen-bond acceptors (Lipinski definition) is 4. The maximum Gasteiger partial charge on any atom is 0.187 e. The number of hydrazone groups is 1. The number of fused-ring (bicyclic) bond motifs is 1. The topological polar surface area (TPSA) is 59.3 Å². The van der Waals surface area contributed by atoms with Gasteiger partial charge in [-0.1, -0.05) is 0 Å². The van der Waals surface area contributed by atoms with Crippen molar-refractivity contribution in [2.45, 2.75) is 19.3 Å². The number of rotatable bonds is 5. The highest BCUT2D eigenvalue weighted by atomic mass is 32.1. The summed E-state index contributed by atoms with van der Waals surface area (Å²) in [5.41, 5.74) is 6.55. The monoisotopic (exact) mass is 363 g/mol. The summed E-state index contributed by atoms with van der Waals surface area (Å²) in [5, 5.41) is 8.37. The van der Waals surface area contributed by atoms with Crippen molar-refractivity contribution in [3.8, 4) is 5.75 Å². The number of quaternary nitrogens is 1. The van der Waals surface area contributed by atoms with Crippen LogP contribution in [0.3, 0.4) is 0 Å². The normalized spacial score (nSPS) is 19.3. The Morgan fingerprint density at radius 1 is 1.32 bits per heavy atom. The van der Waals surface area contributed by atoms with E-state index in [1.54, 1.807) is 12.0 Å². The largest absolute Gasteiger partial charge is 0.497 e. The molecule has 0 bridgehead atoms. The minimum atomic E-state index is 0.584. The first-order valence-electron chi connectivity index (χ1n) is 8.95. The molecule has 1 saturated heterocycles. The Labute approximate surface area is 154 Å². The molecule has 7 heteroatoms. The number of aryl methyl sites for hydroxylation is 1. The fraction of sp³-hybridized carbons (Fsp3) is 0.556. The average Bonchev–Trinajstić information content (AvgIpc) is 2.66. The molecule has 1 aliphatic heterocycles. The third kappa shape index (κ3) is 5.14. The Balaban J connectivity index is 1.49. The summed E-state index contributed by atoms with van der Waals surface area (Å²) >= 11 is 5.34. The molecular weight excluding hydrogens is 336 g/mol. The van der Waals surface area contributed by atoms with E-state index in [1.165, 1.54) is 11.1 Å². The summed E-state index contributed by atoms with van der Waals surface area (Å²) in [6.45, 7) is 5.75. The van der Waals surface area contributed by atoms with Crippen LogP contribution in [0.2, 0.25) is 0 Å². The molecule has 0 saturated carbocycles. The zero-order valence-corrected chi connectivity index (χ0v) is 15.6. The summed E-state index contributed by atoms with van der Waals surface area (Å²) < 4.78 is 10.7. The predicted octanol–water partition coefficient (Wildman–Crippen LogP) is 0.115. The van der Waals surface area contributed by atoms with Gasteiger partial charge in [-0.2, -0.15) is 5.10 Å². The van der Waals surface area contributed by atoms with Gasteiger partial charge < -0.3 is 19.7 Å². The third-order valence-electron chi connectivity index (χ3n) is 4.74. The first kappa shape index (κ1) is 18.1. The molecule has 1 aliphatic carbocycles. The fourth-order valence-electron chi connectivity index (χ4n) is 3.30. The Kier molecular flexibility index (Phi) is 6.61. The first-order valence-corrected chi connectivity index (χ1v) is 9.36. The molecule has 0 unspecified atom stereocenters. The number of methoxy groups -OCH3 is 1. The van der Waals surface area contributed by atoms with Gasteiger partial charge in [-0.3, -0.25) is 5.43 Å². The molecule has 0 radical (unpaired) electrons. The van der Waals surface area contributed by atoms with Crippen molar-refractivity contribution in [3.05, 3.63) is 29.3 Å². The Bertz CT molecular complexity index is 630. The van der Waals surface area contributed by atoms with Gasteiger partial charge in [-0.05, 0) is 55.2 Å². The van der Waals surface area contributed by atoms with Crippen LogP contribution in [0, 0.1) is 0 Å². The van der Waals surface area contributed by atoms with E-state index in [0.717, 1.165) is 70.1 Å². The number of ether oxygens (including phenoxy) is 2. The number of nitrogens with zero attached hydrogens (tertiary/aromatic N) is 1. The number of nitrogens with one attached hydrogen (secondary N) is 3. The van der Waals surface area contributed by atoms with Crippen molar-refractivity contribution < 1.29 is 14.4 Å². The number of morpholine rings is 1. The molecule has 1 aromatic rings. The average molecular weight is 364 g/mol. The highest BCUT2D eigenvalue weighted by molar-refractivity contribution is 7.80. The standard InChI is InChI=1S/C18H26N4O2S/c1-23-15-5-6-16-14(13-15)3-2-4-17(16)20-21-18(25)19-7-8-22-9-11-24-12-10-22/h5-6,13H,2-4,7-12H2,1H3,(H2,19,21,25)/p+1. The second kappa shape index (κ2) is 9.12. The molecule has 2 aliphatic rings. The second-order valence-electron chi connectivity index (χ2n) is 6.42. The zero-order chi connectivity index (χ0) is 17.5. The van der Waals surface area contributed by atoms with Gasteiger partial charge in [-0.25, -0.2) is 0 Å². The van der Waals surface area contributed by atoms with Gasteiger partial charge in [0.15, 0.2) is 5.11 Å². The summed E-state index contributed by atoms with van der Waals surface area (Å²) in [5.74, 6) is 0.899. The van der Waals surface area contributed by atoms with Gasteiger partial charge in [-0.15, -0.1) is 0 Å². The number of hydrogen-bond donors (Lipinski definition) is 3. The van der Waals surface area contributed by atoms with Gasteiger partial charge in [0, 0.05) is 5.56 Å². The Morgan fingerprint density at radius 3 is 2.96 bits per heavy atom. The van der Waals surface area contributed by atoms with E-state index in [9.17, 15) is 0 Å². The van der Waals surface area contributed by atoms with Gasteiger partial charge in [0.05, 0.1) is 39.1 Å². The van der Waals surface area contributed by atoms with E-state index in [4.69, 9.17) is 21.7 Å².